The molecule has 0 saturated carbocycles. The maximum Gasteiger partial charge on any atom is 0.421 e. The second-order valence-electron chi connectivity index (χ2n) is 4.14. The van der Waals surface area contributed by atoms with Crippen molar-refractivity contribution in [1.82, 2.24) is 5.32 Å². The summed E-state index contributed by atoms with van der Waals surface area (Å²) in [6.07, 6.45) is 0.104. The highest BCUT2D eigenvalue weighted by atomic mass is 16.5. The number of carbonyl (C=O) groups excluding carboxylic acids is 2. The molecule has 1 aromatic rings. The monoisotopic (exact) mass is 264 g/mol. The van der Waals surface area contributed by atoms with Gasteiger partial charge in [-0.3, -0.25) is 4.79 Å². The fourth-order valence-corrected chi connectivity index (χ4v) is 1.91. The lowest BCUT2D eigenvalue weighted by Crippen LogP contribution is -2.43. The Balaban J connectivity index is 2.35. The smallest absolute Gasteiger partial charge is 0.421 e. The molecule has 0 atom stereocenters. The zero-order chi connectivity index (χ0) is 13.8. The number of carbonyl (C=O) groups is 2. The minimum atomic E-state index is -0.694. The first kappa shape index (κ1) is 13.4. The molecular weight excluding hydrogens is 248 g/mol. The van der Waals surface area contributed by atoms with Crippen LogP contribution in [-0.4, -0.2) is 39.3 Å². The SMILES string of the molecule is CNCCc1ccc2c(c1)N(C(=O)OC)C(=O)CO2. The summed E-state index contributed by atoms with van der Waals surface area (Å²) in [5.41, 5.74) is 1.46. The average Bonchev–Trinajstić information content (AvgIpc) is 2.44. The molecule has 1 heterocycles. The number of hydrogen-bond acceptors (Lipinski definition) is 5. The first-order chi connectivity index (χ1) is 9.17. The Labute approximate surface area is 111 Å². The zero-order valence-corrected chi connectivity index (χ0v) is 10.9. The Morgan fingerprint density at radius 3 is 3.00 bits per heavy atom. The Hall–Kier alpha value is -2.08. The number of imide groups is 1. The Kier molecular flexibility index (Phi) is 4.01. The number of benzene rings is 1. The largest absolute Gasteiger partial charge is 0.482 e. The van der Waals surface area contributed by atoms with Crippen LogP contribution in [0.25, 0.3) is 0 Å². The highest BCUT2D eigenvalue weighted by Crippen LogP contribution is 2.33. The second-order valence-corrected chi connectivity index (χ2v) is 4.14. The summed E-state index contributed by atoms with van der Waals surface area (Å²) in [5, 5.41) is 3.05. The van der Waals surface area contributed by atoms with Gasteiger partial charge in [0.05, 0.1) is 12.8 Å². The summed E-state index contributed by atoms with van der Waals surface area (Å²) < 4.78 is 9.94. The molecule has 2 amide bonds. The first-order valence-electron chi connectivity index (χ1n) is 5.98. The molecular formula is C13H16N2O4. The van der Waals surface area contributed by atoms with E-state index in [2.05, 4.69) is 10.1 Å². The average molecular weight is 264 g/mol. The number of nitrogens with one attached hydrogen (secondary N) is 1. The number of hydrogen-bond donors (Lipinski definition) is 1. The number of likely N-dealkylation sites (N-methyl/N-ethyl adjacent to an activating group) is 1. The van der Waals surface area contributed by atoms with Crippen LogP contribution in [0.1, 0.15) is 5.56 Å². The van der Waals surface area contributed by atoms with Gasteiger partial charge in [0.25, 0.3) is 5.91 Å². The van der Waals surface area contributed by atoms with Gasteiger partial charge in [0.15, 0.2) is 6.61 Å². The van der Waals surface area contributed by atoms with E-state index in [0.29, 0.717) is 11.4 Å². The van der Waals surface area contributed by atoms with E-state index < -0.39 is 12.0 Å². The van der Waals surface area contributed by atoms with Crippen molar-refractivity contribution in [3.8, 4) is 5.75 Å². The van der Waals surface area contributed by atoms with Crippen LogP contribution in [0.5, 0.6) is 5.75 Å². The minimum Gasteiger partial charge on any atom is -0.482 e. The van der Waals surface area contributed by atoms with Crippen molar-refractivity contribution < 1.29 is 19.1 Å². The third kappa shape index (κ3) is 2.68. The number of ether oxygens (including phenoxy) is 2. The highest BCUT2D eigenvalue weighted by molar-refractivity contribution is 6.14. The molecule has 102 valence electrons. The zero-order valence-electron chi connectivity index (χ0n) is 10.9. The van der Waals surface area contributed by atoms with E-state index in [4.69, 9.17) is 4.74 Å². The van der Waals surface area contributed by atoms with Crippen LogP contribution in [0.3, 0.4) is 0 Å². The van der Waals surface area contributed by atoms with Gasteiger partial charge in [-0.25, -0.2) is 9.69 Å². The van der Waals surface area contributed by atoms with Gasteiger partial charge >= 0.3 is 6.09 Å². The van der Waals surface area contributed by atoms with Gasteiger partial charge in [-0.15, -0.1) is 0 Å². The predicted molar refractivity (Wildman–Crippen MR) is 69.5 cm³/mol. The minimum absolute atomic E-state index is 0.155. The molecule has 2 rings (SSSR count). The molecule has 0 fully saturated rings. The van der Waals surface area contributed by atoms with E-state index in [1.165, 1.54) is 7.11 Å². The number of anilines is 1. The van der Waals surface area contributed by atoms with Crippen LogP contribution in [0.15, 0.2) is 18.2 Å². The van der Waals surface area contributed by atoms with Crippen LogP contribution < -0.4 is 15.0 Å². The van der Waals surface area contributed by atoms with Gasteiger partial charge in [-0.05, 0) is 37.7 Å². The Morgan fingerprint density at radius 2 is 2.32 bits per heavy atom. The fraction of sp³-hybridized carbons (Fsp3) is 0.385. The van der Waals surface area contributed by atoms with Crippen molar-refractivity contribution in [2.75, 3.05) is 32.2 Å². The molecule has 0 aromatic heterocycles. The van der Waals surface area contributed by atoms with Gasteiger partial charge in [-0.1, -0.05) is 6.07 Å². The maximum absolute atomic E-state index is 11.8. The van der Waals surface area contributed by atoms with Gasteiger partial charge in [-0.2, -0.15) is 0 Å². The van der Waals surface area contributed by atoms with Gasteiger partial charge in [0, 0.05) is 0 Å². The van der Waals surface area contributed by atoms with Crippen molar-refractivity contribution in [2.45, 2.75) is 6.42 Å². The summed E-state index contributed by atoms with van der Waals surface area (Å²) >= 11 is 0. The lowest BCUT2D eigenvalue weighted by molar-refractivity contribution is -0.120. The quantitative estimate of drug-likeness (QED) is 0.880. The number of fused-ring (bicyclic) bond motifs is 1. The van der Waals surface area contributed by atoms with Crippen LogP contribution in [-0.2, 0) is 16.0 Å². The predicted octanol–water partition coefficient (Wildman–Crippen LogP) is 0.940. The molecule has 1 aliphatic rings. The van der Waals surface area contributed by atoms with Crippen LogP contribution in [0, 0.1) is 0 Å². The third-order valence-electron chi connectivity index (χ3n) is 2.89. The summed E-state index contributed by atoms with van der Waals surface area (Å²) in [5.74, 6) is 0.0864. The molecule has 0 saturated heterocycles. The third-order valence-corrected chi connectivity index (χ3v) is 2.89. The molecule has 19 heavy (non-hydrogen) atoms. The van der Waals surface area contributed by atoms with Gasteiger partial charge in [0.1, 0.15) is 5.75 Å². The van der Waals surface area contributed by atoms with Crippen molar-refractivity contribution in [3.63, 3.8) is 0 Å². The summed E-state index contributed by atoms with van der Waals surface area (Å²) in [6.45, 7) is 0.657. The van der Waals surface area contributed by atoms with E-state index in [1.807, 2.05) is 13.1 Å². The maximum atomic E-state index is 11.8. The van der Waals surface area contributed by atoms with Gasteiger partial charge < -0.3 is 14.8 Å². The van der Waals surface area contributed by atoms with Crippen molar-refractivity contribution >= 4 is 17.7 Å². The normalized spacial score (nSPS) is 13.8. The van der Waals surface area contributed by atoms with E-state index in [1.54, 1.807) is 12.1 Å². The number of nitrogens with zero attached hydrogens (tertiary/aromatic N) is 1. The molecule has 0 bridgehead atoms. The lowest BCUT2D eigenvalue weighted by Gasteiger charge is -2.27. The van der Waals surface area contributed by atoms with Crippen molar-refractivity contribution in [1.29, 1.82) is 0 Å². The molecule has 0 radical (unpaired) electrons. The second kappa shape index (κ2) is 5.71. The number of rotatable bonds is 3. The van der Waals surface area contributed by atoms with Crippen LogP contribution in [0.2, 0.25) is 0 Å². The standard InChI is InChI=1S/C13H16N2O4/c1-14-6-5-9-3-4-11-10(7-9)15(13(17)18-2)12(16)8-19-11/h3-4,7,14H,5-6,8H2,1-2H3. The Morgan fingerprint density at radius 1 is 1.53 bits per heavy atom. The van der Waals surface area contributed by atoms with Crippen molar-refractivity contribution in [3.05, 3.63) is 23.8 Å². The lowest BCUT2D eigenvalue weighted by atomic mass is 10.1. The molecule has 6 nitrogen and oxygen atoms in total. The van der Waals surface area contributed by atoms with E-state index >= 15 is 0 Å². The summed E-state index contributed by atoms with van der Waals surface area (Å²) in [6, 6.07) is 5.46. The van der Waals surface area contributed by atoms with E-state index in [0.717, 1.165) is 23.4 Å². The van der Waals surface area contributed by atoms with Gasteiger partial charge in [0.2, 0.25) is 0 Å². The topological polar surface area (TPSA) is 67.9 Å². The molecule has 0 unspecified atom stereocenters. The first-order valence-corrected chi connectivity index (χ1v) is 5.98. The number of methoxy groups -OCH3 is 1. The Bertz CT molecular complexity index is 501. The van der Waals surface area contributed by atoms with Crippen LogP contribution in [0.4, 0.5) is 10.5 Å². The molecule has 1 aromatic carbocycles. The van der Waals surface area contributed by atoms with Crippen LogP contribution >= 0.6 is 0 Å². The van der Waals surface area contributed by atoms with Crippen molar-refractivity contribution in [2.24, 2.45) is 0 Å². The summed E-state index contributed by atoms with van der Waals surface area (Å²) in [7, 11) is 3.11. The molecule has 1 N–H and O–H groups in total. The molecule has 0 aliphatic carbocycles. The fourth-order valence-electron chi connectivity index (χ4n) is 1.91. The number of amides is 2. The molecule has 6 heteroatoms. The van der Waals surface area contributed by atoms with E-state index in [-0.39, 0.29) is 6.61 Å². The molecule has 0 spiro atoms. The van der Waals surface area contributed by atoms with E-state index in [9.17, 15) is 9.59 Å². The summed E-state index contributed by atoms with van der Waals surface area (Å²) in [4.78, 5) is 24.5. The molecule has 1 aliphatic heterocycles. The highest BCUT2D eigenvalue weighted by Gasteiger charge is 2.31.